The fourth-order valence-corrected chi connectivity index (χ4v) is 3.60. The fourth-order valence-electron chi connectivity index (χ4n) is 3.60. The molecule has 1 amide bonds. The van der Waals surface area contributed by atoms with Gasteiger partial charge in [-0.15, -0.1) is 0 Å². The molecule has 1 unspecified atom stereocenters. The minimum absolute atomic E-state index is 0.0503. The molecule has 1 aliphatic rings. The number of hydrogen-bond acceptors (Lipinski definition) is 5. The molecule has 1 fully saturated rings. The molecular formula is C22H23N3O3. The van der Waals surface area contributed by atoms with E-state index in [1.165, 1.54) is 0 Å². The van der Waals surface area contributed by atoms with Crippen molar-refractivity contribution in [3.63, 3.8) is 0 Å². The van der Waals surface area contributed by atoms with E-state index in [9.17, 15) is 4.79 Å². The van der Waals surface area contributed by atoms with E-state index >= 15 is 0 Å². The highest BCUT2D eigenvalue weighted by Crippen LogP contribution is 2.29. The topological polar surface area (TPSA) is 68.5 Å². The van der Waals surface area contributed by atoms with Gasteiger partial charge in [-0.1, -0.05) is 35.0 Å². The number of carbonyl (C=O) groups is 1. The van der Waals surface area contributed by atoms with Gasteiger partial charge < -0.3 is 14.2 Å². The van der Waals surface area contributed by atoms with Gasteiger partial charge in [0.15, 0.2) is 0 Å². The van der Waals surface area contributed by atoms with Gasteiger partial charge in [0.25, 0.3) is 5.91 Å². The van der Waals surface area contributed by atoms with Gasteiger partial charge in [-0.2, -0.15) is 4.98 Å². The van der Waals surface area contributed by atoms with Crippen LogP contribution >= 0.6 is 0 Å². The number of piperidine rings is 1. The van der Waals surface area contributed by atoms with Crippen LogP contribution in [0, 0.1) is 6.92 Å². The van der Waals surface area contributed by atoms with Crippen LogP contribution in [-0.4, -0.2) is 41.1 Å². The van der Waals surface area contributed by atoms with Crippen LogP contribution in [0.5, 0.6) is 5.75 Å². The molecule has 144 valence electrons. The standard InChI is InChI=1S/C22H23N3O3/c1-15-6-3-8-17(12-15)22(26)25-11-5-9-18(14-25)21-23-20(24-28-21)16-7-4-10-19(13-16)27-2/h3-4,6-8,10,12-13,18H,5,9,11,14H2,1-2H3. The van der Waals surface area contributed by atoms with Crippen LogP contribution in [0.3, 0.4) is 0 Å². The molecule has 2 aromatic carbocycles. The van der Waals surface area contributed by atoms with Crippen molar-refractivity contribution in [1.82, 2.24) is 15.0 Å². The molecule has 4 rings (SSSR count). The van der Waals surface area contributed by atoms with E-state index in [0.717, 1.165) is 41.8 Å². The third kappa shape index (κ3) is 3.76. The van der Waals surface area contributed by atoms with Crippen molar-refractivity contribution in [2.75, 3.05) is 20.2 Å². The molecular weight excluding hydrogens is 354 g/mol. The summed E-state index contributed by atoms with van der Waals surface area (Å²) >= 11 is 0. The summed E-state index contributed by atoms with van der Waals surface area (Å²) in [5, 5.41) is 4.13. The first-order chi connectivity index (χ1) is 13.6. The van der Waals surface area contributed by atoms with Gasteiger partial charge in [-0.3, -0.25) is 4.79 Å². The van der Waals surface area contributed by atoms with E-state index in [4.69, 9.17) is 9.26 Å². The highest BCUT2D eigenvalue weighted by molar-refractivity contribution is 5.94. The summed E-state index contributed by atoms with van der Waals surface area (Å²) in [7, 11) is 1.63. The van der Waals surface area contributed by atoms with E-state index in [-0.39, 0.29) is 11.8 Å². The van der Waals surface area contributed by atoms with E-state index < -0.39 is 0 Å². The lowest BCUT2D eigenvalue weighted by atomic mass is 9.97. The second kappa shape index (κ2) is 7.84. The predicted molar refractivity (Wildman–Crippen MR) is 105 cm³/mol. The molecule has 0 N–H and O–H groups in total. The summed E-state index contributed by atoms with van der Waals surface area (Å²) in [6.45, 7) is 3.33. The molecule has 28 heavy (non-hydrogen) atoms. The third-order valence-corrected chi connectivity index (χ3v) is 5.09. The molecule has 0 bridgehead atoms. The van der Waals surface area contributed by atoms with Crippen LogP contribution in [0.25, 0.3) is 11.4 Å². The third-order valence-electron chi connectivity index (χ3n) is 5.09. The van der Waals surface area contributed by atoms with Gasteiger partial charge in [0.05, 0.1) is 13.0 Å². The average Bonchev–Trinajstić information content (AvgIpc) is 3.24. The normalized spacial score (nSPS) is 16.8. The van der Waals surface area contributed by atoms with Gasteiger partial charge in [0.2, 0.25) is 11.7 Å². The zero-order chi connectivity index (χ0) is 19.5. The van der Waals surface area contributed by atoms with Gasteiger partial charge in [-0.25, -0.2) is 0 Å². The van der Waals surface area contributed by atoms with Crippen molar-refractivity contribution in [2.45, 2.75) is 25.7 Å². The lowest BCUT2D eigenvalue weighted by Gasteiger charge is -2.31. The van der Waals surface area contributed by atoms with E-state index in [2.05, 4.69) is 10.1 Å². The van der Waals surface area contributed by atoms with Crippen molar-refractivity contribution in [3.8, 4) is 17.1 Å². The summed E-state index contributed by atoms with van der Waals surface area (Å²) in [4.78, 5) is 19.3. The number of aryl methyl sites for hydroxylation is 1. The Morgan fingerprint density at radius 1 is 1.21 bits per heavy atom. The lowest BCUT2D eigenvalue weighted by molar-refractivity contribution is 0.0695. The number of nitrogens with zero attached hydrogens (tertiary/aromatic N) is 3. The van der Waals surface area contributed by atoms with Gasteiger partial charge >= 0.3 is 0 Å². The number of aromatic nitrogens is 2. The monoisotopic (exact) mass is 377 g/mol. The minimum atomic E-state index is 0.0503. The average molecular weight is 377 g/mol. The highest BCUT2D eigenvalue weighted by atomic mass is 16.5. The number of rotatable bonds is 4. The Bertz CT molecular complexity index is 982. The van der Waals surface area contributed by atoms with Crippen LogP contribution in [-0.2, 0) is 0 Å². The number of likely N-dealkylation sites (tertiary alicyclic amines) is 1. The molecule has 1 aromatic heterocycles. The second-order valence-electron chi connectivity index (χ2n) is 7.15. The number of hydrogen-bond donors (Lipinski definition) is 0. The zero-order valence-electron chi connectivity index (χ0n) is 16.1. The van der Waals surface area contributed by atoms with Crippen molar-refractivity contribution in [2.24, 2.45) is 0 Å². The first kappa shape index (κ1) is 18.2. The SMILES string of the molecule is COc1cccc(-c2noc(C3CCCN(C(=O)c4cccc(C)c4)C3)n2)c1. The molecule has 6 heteroatoms. The Labute approximate surface area is 164 Å². The van der Waals surface area contributed by atoms with E-state index in [1.54, 1.807) is 7.11 Å². The first-order valence-corrected chi connectivity index (χ1v) is 9.48. The quantitative estimate of drug-likeness (QED) is 0.685. The smallest absolute Gasteiger partial charge is 0.253 e. The fraction of sp³-hybridized carbons (Fsp3) is 0.318. The van der Waals surface area contributed by atoms with Crippen LogP contribution in [0.2, 0.25) is 0 Å². The molecule has 0 saturated carbocycles. The summed E-state index contributed by atoms with van der Waals surface area (Å²) in [6.07, 6.45) is 1.84. The maximum Gasteiger partial charge on any atom is 0.253 e. The Balaban J connectivity index is 1.50. The van der Waals surface area contributed by atoms with Gasteiger partial charge in [0.1, 0.15) is 5.75 Å². The number of methoxy groups -OCH3 is 1. The van der Waals surface area contributed by atoms with Gasteiger partial charge in [-0.05, 0) is 44.0 Å². The largest absolute Gasteiger partial charge is 0.497 e. The van der Waals surface area contributed by atoms with Crippen molar-refractivity contribution in [1.29, 1.82) is 0 Å². The van der Waals surface area contributed by atoms with Crippen molar-refractivity contribution < 1.29 is 14.1 Å². The minimum Gasteiger partial charge on any atom is -0.497 e. The molecule has 0 radical (unpaired) electrons. The number of ether oxygens (including phenoxy) is 1. The van der Waals surface area contributed by atoms with Crippen molar-refractivity contribution >= 4 is 5.91 Å². The van der Waals surface area contributed by atoms with Crippen LogP contribution in [0.4, 0.5) is 0 Å². The number of carbonyl (C=O) groups excluding carboxylic acids is 1. The Morgan fingerprint density at radius 2 is 2.07 bits per heavy atom. The molecule has 0 spiro atoms. The molecule has 2 heterocycles. The first-order valence-electron chi connectivity index (χ1n) is 9.48. The maximum absolute atomic E-state index is 12.9. The molecule has 1 atom stereocenters. The van der Waals surface area contributed by atoms with E-state index in [1.807, 2.05) is 60.4 Å². The summed E-state index contributed by atoms with van der Waals surface area (Å²) in [5.41, 5.74) is 2.65. The molecule has 0 aliphatic carbocycles. The second-order valence-corrected chi connectivity index (χ2v) is 7.15. The summed E-state index contributed by atoms with van der Waals surface area (Å²) in [5.74, 6) is 1.97. The summed E-state index contributed by atoms with van der Waals surface area (Å²) < 4.78 is 10.8. The molecule has 3 aromatic rings. The molecule has 1 saturated heterocycles. The Kier molecular flexibility index (Phi) is 5.10. The summed E-state index contributed by atoms with van der Waals surface area (Å²) in [6, 6.07) is 15.3. The van der Waals surface area contributed by atoms with Crippen molar-refractivity contribution in [3.05, 3.63) is 65.5 Å². The molecule has 6 nitrogen and oxygen atoms in total. The maximum atomic E-state index is 12.9. The number of amides is 1. The Morgan fingerprint density at radius 3 is 2.89 bits per heavy atom. The predicted octanol–water partition coefficient (Wildman–Crippen LogP) is 4.07. The van der Waals surface area contributed by atoms with E-state index in [0.29, 0.717) is 18.3 Å². The number of benzene rings is 2. The zero-order valence-corrected chi connectivity index (χ0v) is 16.1. The highest BCUT2D eigenvalue weighted by Gasteiger charge is 2.29. The van der Waals surface area contributed by atoms with Crippen LogP contribution in [0.15, 0.2) is 53.1 Å². The lowest BCUT2D eigenvalue weighted by Crippen LogP contribution is -2.39. The van der Waals surface area contributed by atoms with Crippen LogP contribution in [0.1, 0.15) is 40.6 Å². The Hall–Kier alpha value is -3.15. The molecule has 1 aliphatic heterocycles. The van der Waals surface area contributed by atoms with Crippen LogP contribution < -0.4 is 4.74 Å². The van der Waals surface area contributed by atoms with Gasteiger partial charge in [0, 0.05) is 24.2 Å².